The second kappa shape index (κ2) is 4.35. The molecular weight excluding hydrogens is 241 g/mol. The van der Waals surface area contributed by atoms with Gasteiger partial charge in [0.05, 0.1) is 5.60 Å². The number of fused-ring (bicyclic) bond motifs is 1. The first kappa shape index (κ1) is 12.2. The number of halogens is 1. The van der Waals surface area contributed by atoms with Crippen molar-refractivity contribution >= 4 is 5.69 Å². The molecule has 1 aliphatic rings. The van der Waals surface area contributed by atoms with Crippen LogP contribution in [0.3, 0.4) is 0 Å². The van der Waals surface area contributed by atoms with Crippen LogP contribution in [0.5, 0.6) is 0 Å². The fourth-order valence-corrected chi connectivity index (χ4v) is 2.92. The molecule has 3 rings (SSSR count). The average Bonchev–Trinajstić information content (AvgIpc) is 2.66. The number of aliphatic hydroxyl groups is 1. The van der Waals surface area contributed by atoms with Gasteiger partial charge in [0.2, 0.25) is 0 Å². The summed E-state index contributed by atoms with van der Waals surface area (Å²) in [5.41, 5.74) is 8.40. The van der Waals surface area contributed by atoms with Crippen LogP contribution in [0.1, 0.15) is 23.1 Å². The summed E-state index contributed by atoms with van der Waals surface area (Å²) in [4.78, 5) is 0. The van der Waals surface area contributed by atoms with E-state index in [4.69, 9.17) is 5.73 Å². The molecule has 2 nitrogen and oxygen atoms in total. The second-order valence-electron chi connectivity index (χ2n) is 5.25. The van der Waals surface area contributed by atoms with Crippen LogP contribution >= 0.6 is 0 Å². The Morgan fingerprint density at radius 3 is 2.84 bits per heavy atom. The Morgan fingerprint density at radius 2 is 2.05 bits per heavy atom. The van der Waals surface area contributed by atoms with E-state index in [0.29, 0.717) is 18.5 Å². The third-order valence-corrected chi connectivity index (χ3v) is 3.82. The minimum absolute atomic E-state index is 0.267. The number of hydrogen-bond acceptors (Lipinski definition) is 2. The first-order valence-electron chi connectivity index (χ1n) is 6.42. The van der Waals surface area contributed by atoms with Crippen LogP contribution < -0.4 is 5.73 Å². The molecule has 0 fully saturated rings. The van der Waals surface area contributed by atoms with Crippen molar-refractivity contribution in [3.05, 3.63) is 65.0 Å². The normalized spacial score (nSPS) is 21.4. The number of aryl methyl sites for hydroxylation is 1. The van der Waals surface area contributed by atoms with E-state index >= 15 is 0 Å². The van der Waals surface area contributed by atoms with Crippen LogP contribution in [0.4, 0.5) is 10.1 Å². The quantitative estimate of drug-likeness (QED) is 0.813. The van der Waals surface area contributed by atoms with Crippen molar-refractivity contribution in [3.8, 4) is 0 Å². The molecule has 3 heteroatoms. The van der Waals surface area contributed by atoms with Crippen LogP contribution in [0, 0.1) is 5.82 Å². The highest BCUT2D eigenvalue weighted by atomic mass is 19.1. The smallest absolute Gasteiger partial charge is 0.123 e. The monoisotopic (exact) mass is 257 g/mol. The molecule has 3 N–H and O–H groups in total. The van der Waals surface area contributed by atoms with E-state index in [1.807, 2.05) is 18.2 Å². The van der Waals surface area contributed by atoms with Gasteiger partial charge in [-0.3, -0.25) is 0 Å². The minimum Gasteiger partial charge on any atom is -0.399 e. The maximum atomic E-state index is 13.2. The van der Waals surface area contributed by atoms with Crippen LogP contribution in [-0.2, 0) is 18.4 Å². The summed E-state index contributed by atoms with van der Waals surface area (Å²) < 4.78 is 13.2. The molecule has 0 heterocycles. The molecular formula is C16H16FNO. The van der Waals surface area contributed by atoms with Gasteiger partial charge < -0.3 is 10.8 Å². The predicted molar refractivity (Wildman–Crippen MR) is 73.2 cm³/mol. The topological polar surface area (TPSA) is 46.2 Å². The molecule has 0 spiro atoms. The summed E-state index contributed by atoms with van der Waals surface area (Å²) in [7, 11) is 0. The van der Waals surface area contributed by atoms with E-state index in [1.165, 1.54) is 12.1 Å². The Hall–Kier alpha value is -1.87. The van der Waals surface area contributed by atoms with Crippen LogP contribution in [0.2, 0.25) is 0 Å². The molecule has 2 aromatic rings. The third-order valence-electron chi connectivity index (χ3n) is 3.82. The Kier molecular flexibility index (Phi) is 2.79. The van der Waals surface area contributed by atoms with Crippen molar-refractivity contribution in [2.45, 2.75) is 24.9 Å². The Balaban J connectivity index is 1.94. The molecule has 0 saturated heterocycles. The average molecular weight is 257 g/mol. The van der Waals surface area contributed by atoms with Gasteiger partial charge in [-0.2, -0.15) is 0 Å². The van der Waals surface area contributed by atoms with Crippen molar-refractivity contribution in [2.24, 2.45) is 0 Å². The van der Waals surface area contributed by atoms with Crippen molar-refractivity contribution in [1.29, 1.82) is 0 Å². The van der Waals surface area contributed by atoms with E-state index < -0.39 is 5.60 Å². The summed E-state index contributed by atoms with van der Waals surface area (Å²) in [5.74, 6) is -0.267. The Labute approximate surface area is 111 Å². The van der Waals surface area contributed by atoms with Gasteiger partial charge in [-0.1, -0.05) is 18.2 Å². The van der Waals surface area contributed by atoms with Crippen LogP contribution in [0.25, 0.3) is 0 Å². The number of nitrogen functional groups attached to an aromatic ring is 1. The van der Waals surface area contributed by atoms with Gasteiger partial charge in [0.25, 0.3) is 0 Å². The molecule has 0 saturated carbocycles. The zero-order valence-corrected chi connectivity index (χ0v) is 10.6. The summed E-state index contributed by atoms with van der Waals surface area (Å²) in [6.07, 6.45) is 1.90. The summed E-state index contributed by atoms with van der Waals surface area (Å²) in [5, 5.41) is 10.8. The van der Waals surface area contributed by atoms with Crippen LogP contribution in [0.15, 0.2) is 42.5 Å². The lowest BCUT2D eigenvalue weighted by atomic mass is 9.88. The fraction of sp³-hybridized carbons (Fsp3) is 0.250. The number of nitrogens with two attached hydrogens (primary N) is 1. The molecule has 1 atom stereocenters. The first-order valence-corrected chi connectivity index (χ1v) is 6.42. The van der Waals surface area contributed by atoms with Crippen molar-refractivity contribution in [1.82, 2.24) is 0 Å². The highest BCUT2D eigenvalue weighted by Crippen LogP contribution is 2.40. The van der Waals surface area contributed by atoms with Gasteiger partial charge in [-0.05, 0) is 53.8 Å². The first-order chi connectivity index (χ1) is 9.07. The standard InChI is InChI=1S/C16H16FNO/c17-13-3-1-2-11(8-13)10-16(19)7-6-12-9-14(18)4-5-15(12)16/h1-5,8-9,19H,6-7,10,18H2. The maximum Gasteiger partial charge on any atom is 0.123 e. The van der Waals surface area contributed by atoms with Crippen molar-refractivity contribution in [2.75, 3.05) is 5.73 Å². The van der Waals surface area contributed by atoms with Crippen molar-refractivity contribution < 1.29 is 9.50 Å². The van der Waals surface area contributed by atoms with Gasteiger partial charge in [0, 0.05) is 12.1 Å². The van der Waals surface area contributed by atoms with E-state index in [-0.39, 0.29) is 5.82 Å². The fourth-order valence-electron chi connectivity index (χ4n) is 2.92. The Morgan fingerprint density at radius 1 is 1.21 bits per heavy atom. The van der Waals surface area contributed by atoms with Crippen molar-refractivity contribution in [3.63, 3.8) is 0 Å². The van der Waals surface area contributed by atoms with Gasteiger partial charge >= 0.3 is 0 Å². The lowest BCUT2D eigenvalue weighted by molar-refractivity contribution is 0.0389. The largest absolute Gasteiger partial charge is 0.399 e. The number of hydrogen-bond donors (Lipinski definition) is 2. The molecule has 0 amide bonds. The van der Waals surface area contributed by atoms with Gasteiger partial charge in [0.1, 0.15) is 5.82 Å². The highest BCUT2D eigenvalue weighted by Gasteiger charge is 2.36. The third kappa shape index (κ3) is 2.22. The van der Waals surface area contributed by atoms with Gasteiger partial charge in [-0.15, -0.1) is 0 Å². The number of rotatable bonds is 2. The van der Waals surface area contributed by atoms with Gasteiger partial charge in [0.15, 0.2) is 0 Å². The van der Waals surface area contributed by atoms with E-state index in [2.05, 4.69) is 0 Å². The Bertz CT molecular complexity index is 626. The summed E-state index contributed by atoms with van der Waals surface area (Å²) in [6, 6.07) is 12.0. The lowest BCUT2D eigenvalue weighted by Gasteiger charge is -2.24. The van der Waals surface area contributed by atoms with E-state index in [9.17, 15) is 9.50 Å². The molecule has 1 unspecified atom stereocenters. The molecule has 19 heavy (non-hydrogen) atoms. The lowest BCUT2D eigenvalue weighted by Crippen LogP contribution is -2.25. The maximum absolute atomic E-state index is 13.2. The SMILES string of the molecule is Nc1ccc2c(c1)CCC2(O)Cc1cccc(F)c1. The minimum atomic E-state index is -0.906. The zero-order chi connectivity index (χ0) is 13.5. The summed E-state index contributed by atoms with van der Waals surface area (Å²) in [6.45, 7) is 0. The van der Waals surface area contributed by atoms with E-state index in [0.717, 1.165) is 23.1 Å². The van der Waals surface area contributed by atoms with Gasteiger partial charge in [-0.25, -0.2) is 4.39 Å². The number of benzene rings is 2. The number of anilines is 1. The molecule has 0 aliphatic heterocycles. The second-order valence-corrected chi connectivity index (χ2v) is 5.25. The zero-order valence-electron chi connectivity index (χ0n) is 10.6. The molecule has 1 aliphatic carbocycles. The molecule has 2 aromatic carbocycles. The van der Waals surface area contributed by atoms with Crippen LogP contribution in [-0.4, -0.2) is 5.11 Å². The van der Waals surface area contributed by atoms with E-state index in [1.54, 1.807) is 12.1 Å². The highest BCUT2D eigenvalue weighted by molar-refractivity contribution is 5.49. The molecule has 98 valence electrons. The molecule has 0 radical (unpaired) electrons. The predicted octanol–water partition coefficient (Wildman–Crippen LogP) is 2.78. The molecule has 0 aromatic heterocycles. The summed E-state index contributed by atoms with van der Waals surface area (Å²) >= 11 is 0. The molecule has 0 bridgehead atoms.